The monoisotopic (exact) mass is 561 g/mol. The van der Waals surface area contributed by atoms with Gasteiger partial charge in [-0.05, 0) is 55.5 Å². The average Bonchev–Trinajstić information content (AvgIpc) is 3.33. The zero-order chi connectivity index (χ0) is 25.5. The van der Waals surface area contributed by atoms with Crippen molar-refractivity contribution in [2.24, 2.45) is 5.92 Å². The minimum Gasteiger partial charge on any atom is -0.373 e. The van der Waals surface area contributed by atoms with Crippen LogP contribution in [0.15, 0.2) is 47.0 Å². The van der Waals surface area contributed by atoms with Gasteiger partial charge in [0.05, 0.1) is 22.8 Å². The molecule has 4 atom stereocenters. The maximum atomic E-state index is 10.7. The van der Waals surface area contributed by atoms with Crippen LogP contribution in [0.25, 0.3) is 11.3 Å². The molecule has 2 bridgehead atoms. The van der Waals surface area contributed by atoms with E-state index in [1.54, 1.807) is 0 Å². The van der Waals surface area contributed by atoms with E-state index in [4.69, 9.17) is 41.9 Å². The first kappa shape index (κ1) is 25.3. The summed E-state index contributed by atoms with van der Waals surface area (Å²) in [6, 6.07) is 14.3. The Labute approximate surface area is 226 Å². The molecule has 3 fully saturated rings. The summed E-state index contributed by atoms with van der Waals surface area (Å²) in [5, 5.41) is 5.50. The Kier molecular flexibility index (Phi) is 7.28. The molecule has 1 aliphatic heterocycles. The van der Waals surface area contributed by atoms with Gasteiger partial charge in [-0.25, -0.2) is 0 Å². The van der Waals surface area contributed by atoms with Gasteiger partial charge in [0.25, 0.3) is 0 Å². The fourth-order valence-electron chi connectivity index (χ4n) is 5.76. The van der Waals surface area contributed by atoms with Gasteiger partial charge in [0.15, 0.2) is 0 Å². The second-order valence-electron chi connectivity index (χ2n) is 10.1. The SMILES string of the molecule is O=[P+](O)OCCc1ccc(N2C[C@@H]3C[C@H]2C[C@H]3OCc2c(-c3c(Cl)cccc3Cl)noc2C2CC2)cc1. The molecule has 1 saturated heterocycles. The van der Waals surface area contributed by atoms with Crippen molar-refractivity contribution in [3.05, 3.63) is 69.4 Å². The zero-order valence-electron chi connectivity index (χ0n) is 20.2. The molecule has 194 valence electrons. The highest BCUT2D eigenvalue weighted by Gasteiger charge is 2.45. The van der Waals surface area contributed by atoms with Gasteiger partial charge in [0, 0.05) is 52.2 Å². The molecule has 7 nitrogen and oxygen atoms in total. The summed E-state index contributed by atoms with van der Waals surface area (Å²) >= 11 is 13.0. The third kappa shape index (κ3) is 5.31. The van der Waals surface area contributed by atoms with E-state index in [2.05, 4.69) is 34.3 Å². The van der Waals surface area contributed by atoms with Gasteiger partial charge in [-0.15, -0.1) is 9.42 Å². The summed E-state index contributed by atoms with van der Waals surface area (Å²) in [7, 11) is -2.54. The number of piperidine rings is 1. The van der Waals surface area contributed by atoms with Crippen LogP contribution < -0.4 is 4.90 Å². The molecule has 37 heavy (non-hydrogen) atoms. The Morgan fingerprint density at radius 3 is 2.51 bits per heavy atom. The molecule has 0 radical (unpaired) electrons. The van der Waals surface area contributed by atoms with Crippen LogP contribution >= 0.6 is 31.5 Å². The lowest BCUT2D eigenvalue weighted by molar-refractivity contribution is 0.0122. The molecule has 1 N–H and O–H groups in total. The van der Waals surface area contributed by atoms with E-state index in [1.165, 1.54) is 5.69 Å². The number of benzene rings is 2. The normalized spacial score (nSPS) is 23.2. The summed E-state index contributed by atoms with van der Waals surface area (Å²) in [6.07, 6.45) is 5.11. The first-order chi connectivity index (χ1) is 18.0. The van der Waals surface area contributed by atoms with Gasteiger partial charge in [0.1, 0.15) is 18.1 Å². The third-order valence-electron chi connectivity index (χ3n) is 7.75. The Morgan fingerprint density at radius 1 is 1.11 bits per heavy atom. The topological polar surface area (TPSA) is 85.0 Å². The van der Waals surface area contributed by atoms with Gasteiger partial charge in [-0.1, -0.05) is 46.6 Å². The molecule has 0 amide bonds. The molecule has 6 rings (SSSR count). The second kappa shape index (κ2) is 10.6. The summed E-state index contributed by atoms with van der Waals surface area (Å²) in [6.45, 7) is 1.64. The maximum Gasteiger partial charge on any atom is 0.694 e. The van der Waals surface area contributed by atoms with Crippen LogP contribution in [0.4, 0.5) is 5.69 Å². The standard InChI is InChI=1S/C27H27Cl2N2O5P/c28-22-2-1-3-23(29)25(22)26-21(27(36-30-26)17-6-7-17)15-34-24-13-20-12-18(24)14-31(20)19-8-4-16(5-9-19)10-11-35-37(32)33/h1-5,8-9,17-18,20,24H,6-7,10-15H2/p+1/t18-,20-,24+/m0/s1. The van der Waals surface area contributed by atoms with Crippen molar-refractivity contribution < 1.29 is 23.2 Å². The van der Waals surface area contributed by atoms with Crippen LogP contribution in [0.2, 0.25) is 10.0 Å². The van der Waals surface area contributed by atoms with Crippen molar-refractivity contribution in [1.29, 1.82) is 0 Å². The largest absolute Gasteiger partial charge is 0.694 e. The number of halogens is 2. The van der Waals surface area contributed by atoms with Gasteiger partial charge >= 0.3 is 8.25 Å². The quantitative estimate of drug-likeness (QED) is 0.269. The highest BCUT2D eigenvalue weighted by atomic mass is 35.5. The molecule has 2 aromatic carbocycles. The number of fused-ring (bicyclic) bond motifs is 2. The molecule has 2 aliphatic carbocycles. The molecular formula is C27H28Cl2N2O5P+. The summed E-state index contributed by atoms with van der Waals surface area (Å²) < 4.78 is 27.8. The molecule has 3 aromatic rings. The van der Waals surface area contributed by atoms with E-state index in [-0.39, 0.29) is 12.7 Å². The summed E-state index contributed by atoms with van der Waals surface area (Å²) in [5.41, 5.74) is 4.66. The lowest BCUT2D eigenvalue weighted by atomic mass is 10.0. The number of nitrogens with zero attached hydrogens (tertiary/aromatic N) is 2. The fourth-order valence-corrected chi connectivity index (χ4v) is 6.58. The minimum absolute atomic E-state index is 0.189. The average molecular weight is 562 g/mol. The Morgan fingerprint density at radius 2 is 1.86 bits per heavy atom. The number of hydrogen-bond acceptors (Lipinski definition) is 6. The number of ether oxygens (including phenoxy) is 1. The molecular weight excluding hydrogens is 534 g/mol. The van der Waals surface area contributed by atoms with Gasteiger partial charge < -0.3 is 14.2 Å². The lowest BCUT2D eigenvalue weighted by Crippen LogP contribution is -2.38. The molecule has 2 saturated carbocycles. The molecule has 3 aliphatic rings. The predicted molar refractivity (Wildman–Crippen MR) is 142 cm³/mol. The molecule has 1 aromatic heterocycles. The van der Waals surface area contributed by atoms with E-state index in [0.717, 1.165) is 49.1 Å². The first-order valence-electron chi connectivity index (χ1n) is 12.7. The van der Waals surface area contributed by atoms with E-state index < -0.39 is 8.25 Å². The van der Waals surface area contributed by atoms with E-state index >= 15 is 0 Å². The van der Waals surface area contributed by atoms with Crippen LogP contribution in [0.1, 0.15) is 48.5 Å². The molecule has 0 spiro atoms. The Bertz CT molecular complexity index is 1280. The van der Waals surface area contributed by atoms with Gasteiger partial charge in [0.2, 0.25) is 0 Å². The highest BCUT2D eigenvalue weighted by molar-refractivity contribution is 7.32. The number of hydrogen-bond donors (Lipinski definition) is 1. The van der Waals surface area contributed by atoms with E-state index in [9.17, 15) is 4.57 Å². The van der Waals surface area contributed by atoms with Crippen LogP contribution in [-0.4, -0.2) is 35.3 Å². The van der Waals surface area contributed by atoms with Crippen LogP contribution in [-0.2, 0) is 26.9 Å². The Balaban J connectivity index is 1.11. The van der Waals surface area contributed by atoms with Crippen molar-refractivity contribution in [2.75, 3.05) is 18.1 Å². The van der Waals surface area contributed by atoms with Crippen molar-refractivity contribution in [1.82, 2.24) is 5.16 Å². The minimum atomic E-state index is -2.54. The first-order valence-corrected chi connectivity index (χ1v) is 14.6. The lowest BCUT2D eigenvalue weighted by Gasteiger charge is -2.33. The van der Waals surface area contributed by atoms with Gasteiger partial charge in [-0.3, -0.25) is 0 Å². The molecule has 1 unspecified atom stereocenters. The van der Waals surface area contributed by atoms with Crippen molar-refractivity contribution in [3.63, 3.8) is 0 Å². The Hall–Kier alpha value is -1.99. The summed E-state index contributed by atoms with van der Waals surface area (Å²) in [4.78, 5) is 11.2. The van der Waals surface area contributed by atoms with Crippen LogP contribution in [0.3, 0.4) is 0 Å². The zero-order valence-corrected chi connectivity index (χ0v) is 22.6. The number of rotatable bonds is 10. The molecule has 10 heteroatoms. The van der Waals surface area contributed by atoms with Crippen molar-refractivity contribution >= 4 is 37.1 Å². The smallest absolute Gasteiger partial charge is 0.373 e. The number of anilines is 1. The van der Waals surface area contributed by atoms with E-state index in [0.29, 0.717) is 52.2 Å². The summed E-state index contributed by atoms with van der Waals surface area (Å²) in [5.74, 6) is 1.78. The fraction of sp³-hybridized carbons (Fsp3) is 0.444. The van der Waals surface area contributed by atoms with Crippen LogP contribution in [0, 0.1) is 5.92 Å². The van der Waals surface area contributed by atoms with E-state index in [1.807, 2.05) is 18.2 Å². The predicted octanol–water partition coefficient (Wildman–Crippen LogP) is 6.92. The molecule has 2 heterocycles. The highest BCUT2D eigenvalue weighted by Crippen LogP contribution is 2.47. The van der Waals surface area contributed by atoms with Crippen molar-refractivity contribution in [3.8, 4) is 11.3 Å². The second-order valence-corrected chi connectivity index (χ2v) is 11.7. The van der Waals surface area contributed by atoms with Gasteiger partial charge in [-0.2, -0.15) is 0 Å². The van der Waals surface area contributed by atoms with Crippen LogP contribution in [0.5, 0.6) is 0 Å². The number of aromatic nitrogens is 1. The maximum absolute atomic E-state index is 10.7. The van der Waals surface area contributed by atoms with Crippen molar-refractivity contribution in [2.45, 2.75) is 56.8 Å². The third-order valence-corrected chi connectivity index (χ3v) is 8.78.